The van der Waals surface area contributed by atoms with Gasteiger partial charge < -0.3 is 10.2 Å². The molecule has 0 saturated heterocycles. The van der Waals surface area contributed by atoms with Crippen LogP contribution in [0.2, 0.25) is 0 Å². The van der Waals surface area contributed by atoms with Gasteiger partial charge in [-0.2, -0.15) is 13.2 Å². The highest BCUT2D eigenvalue weighted by molar-refractivity contribution is 6.01. The SMILES string of the molecule is C/C=C/C(=O)Nc1cc(C(F)(F)F)ccc1N(C)C1CCCCC1. The minimum Gasteiger partial charge on any atom is -0.370 e. The maximum Gasteiger partial charge on any atom is 0.416 e. The first kappa shape index (κ1) is 18.4. The highest BCUT2D eigenvalue weighted by Crippen LogP contribution is 2.37. The Morgan fingerprint density at radius 1 is 1.25 bits per heavy atom. The number of allylic oxidation sites excluding steroid dienone is 1. The van der Waals surface area contributed by atoms with Crippen LogP contribution in [0.3, 0.4) is 0 Å². The van der Waals surface area contributed by atoms with Crippen LogP contribution in [0.5, 0.6) is 0 Å². The molecule has 2 rings (SSSR count). The normalized spacial score (nSPS) is 16.4. The van der Waals surface area contributed by atoms with Crippen LogP contribution in [0.25, 0.3) is 0 Å². The second-order valence-corrected chi connectivity index (χ2v) is 6.12. The number of amides is 1. The van der Waals surface area contributed by atoms with Crippen LogP contribution in [0.15, 0.2) is 30.4 Å². The highest BCUT2D eigenvalue weighted by Gasteiger charge is 2.32. The summed E-state index contributed by atoms with van der Waals surface area (Å²) in [5, 5.41) is 2.58. The largest absolute Gasteiger partial charge is 0.416 e. The van der Waals surface area contributed by atoms with E-state index in [1.807, 2.05) is 11.9 Å². The van der Waals surface area contributed by atoms with Gasteiger partial charge in [0.1, 0.15) is 0 Å². The van der Waals surface area contributed by atoms with E-state index in [1.165, 1.54) is 18.6 Å². The summed E-state index contributed by atoms with van der Waals surface area (Å²) < 4.78 is 39.0. The lowest BCUT2D eigenvalue weighted by atomic mass is 9.94. The van der Waals surface area contributed by atoms with E-state index in [2.05, 4.69) is 5.32 Å². The van der Waals surface area contributed by atoms with Crippen molar-refractivity contribution in [3.8, 4) is 0 Å². The molecule has 0 heterocycles. The molecule has 1 aliphatic rings. The summed E-state index contributed by atoms with van der Waals surface area (Å²) in [5.74, 6) is -0.435. The average molecular weight is 340 g/mol. The molecule has 24 heavy (non-hydrogen) atoms. The summed E-state index contributed by atoms with van der Waals surface area (Å²) in [6.45, 7) is 1.68. The number of benzene rings is 1. The predicted octanol–water partition coefficient (Wildman–Crippen LogP) is 4.99. The molecule has 0 radical (unpaired) electrons. The van der Waals surface area contributed by atoms with Crippen molar-refractivity contribution in [1.29, 1.82) is 0 Å². The number of anilines is 2. The number of nitrogens with zero attached hydrogens (tertiary/aromatic N) is 1. The van der Waals surface area contributed by atoms with Crippen molar-refractivity contribution < 1.29 is 18.0 Å². The second-order valence-electron chi connectivity index (χ2n) is 6.12. The zero-order valence-electron chi connectivity index (χ0n) is 14.0. The van der Waals surface area contributed by atoms with Gasteiger partial charge in [-0.1, -0.05) is 25.3 Å². The fraction of sp³-hybridized carbons (Fsp3) is 0.500. The summed E-state index contributed by atoms with van der Waals surface area (Å²) in [6, 6.07) is 3.81. The number of carbonyl (C=O) groups excluding carboxylic acids is 1. The molecule has 132 valence electrons. The Labute approximate surface area is 140 Å². The van der Waals surface area contributed by atoms with Gasteiger partial charge in [-0.05, 0) is 44.0 Å². The molecule has 6 heteroatoms. The average Bonchev–Trinajstić information content (AvgIpc) is 2.54. The number of halogens is 3. The first-order valence-corrected chi connectivity index (χ1v) is 8.20. The topological polar surface area (TPSA) is 32.3 Å². The van der Waals surface area contributed by atoms with E-state index in [0.29, 0.717) is 5.69 Å². The van der Waals surface area contributed by atoms with E-state index in [4.69, 9.17) is 0 Å². The number of hydrogen-bond acceptors (Lipinski definition) is 2. The van der Waals surface area contributed by atoms with Gasteiger partial charge in [0.25, 0.3) is 0 Å². The molecule has 0 bridgehead atoms. The predicted molar refractivity (Wildman–Crippen MR) is 90.2 cm³/mol. The van der Waals surface area contributed by atoms with Crippen LogP contribution in [-0.2, 0) is 11.0 Å². The first-order chi connectivity index (χ1) is 11.3. The summed E-state index contributed by atoms with van der Waals surface area (Å²) in [4.78, 5) is 13.8. The Hall–Kier alpha value is -1.98. The Bertz CT molecular complexity index is 605. The molecule has 1 aromatic rings. The molecule has 0 spiro atoms. The zero-order chi connectivity index (χ0) is 17.7. The van der Waals surface area contributed by atoms with Crippen LogP contribution < -0.4 is 10.2 Å². The maximum atomic E-state index is 13.0. The number of hydrogen-bond donors (Lipinski definition) is 1. The van der Waals surface area contributed by atoms with Gasteiger partial charge in [-0.15, -0.1) is 0 Å². The van der Waals surface area contributed by atoms with Crippen molar-refractivity contribution in [2.45, 2.75) is 51.2 Å². The van der Waals surface area contributed by atoms with Crippen LogP contribution in [-0.4, -0.2) is 19.0 Å². The van der Waals surface area contributed by atoms with Crippen molar-refractivity contribution in [1.82, 2.24) is 0 Å². The standard InChI is InChI=1S/C18H23F3N2O/c1-3-7-17(24)22-15-12-13(18(19,20)21)10-11-16(15)23(2)14-8-5-4-6-9-14/h3,7,10-12,14H,4-6,8-9H2,1-2H3,(H,22,24)/b7-3+. The minimum absolute atomic E-state index is 0.195. The molecule has 0 aromatic heterocycles. The smallest absolute Gasteiger partial charge is 0.370 e. The zero-order valence-corrected chi connectivity index (χ0v) is 14.0. The van der Waals surface area contributed by atoms with Crippen LogP contribution in [0.4, 0.5) is 24.5 Å². The van der Waals surface area contributed by atoms with Gasteiger partial charge >= 0.3 is 6.18 Å². The highest BCUT2D eigenvalue weighted by atomic mass is 19.4. The maximum absolute atomic E-state index is 13.0. The third-order valence-corrected chi connectivity index (χ3v) is 4.40. The van der Waals surface area contributed by atoms with Gasteiger partial charge in [0.2, 0.25) is 5.91 Å². The molecule has 1 aliphatic carbocycles. The van der Waals surface area contributed by atoms with Crippen molar-refractivity contribution in [2.24, 2.45) is 0 Å². The van der Waals surface area contributed by atoms with Crippen molar-refractivity contribution in [3.05, 3.63) is 35.9 Å². The molecule has 3 nitrogen and oxygen atoms in total. The van der Waals surface area contributed by atoms with E-state index >= 15 is 0 Å². The lowest BCUT2D eigenvalue weighted by molar-refractivity contribution is -0.137. The quantitative estimate of drug-likeness (QED) is 0.783. The van der Waals surface area contributed by atoms with E-state index in [0.717, 1.165) is 37.8 Å². The Kier molecular flexibility index (Phi) is 5.91. The lowest BCUT2D eigenvalue weighted by Gasteiger charge is -2.34. The van der Waals surface area contributed by atoms with Crippen LogP contribution in [0, 0.1) is 0 Å². The molecule has 1 saturated carbocycles. The third kappa shape index (κ3) is 4.52. The van der Waals surface area contributed by atoms with Gasteiger partial charge in [-0.25, -0.2) is 0 Å². The third-order valence-electron chi connectivity index (χ3n) is 4.40. The molecule has 0 aliphatic heterocycles. The summed E-state index contributed by atoms with van der Waals surface area (Å²) in [7, 11) is 1.88. The summed E-state index contributed by atoms with van der Waals surface area (Å²) in [6.07, 6.45) is 3.87. The van der Waals surface area contributed by atoms with Crippen molar-refractivity contribution in [2.75, 3.05) is 17.3 Å². The molecular weight excluding hydrogens is 317 g/mol. The number of carbonyl (C=O) groups is 1. The molecule has 1 amide bonds. The van der Waals surface area contributed by atoms with Gasteiger partial charge in [0, 0.05) is 13.1 Å². The molecule has 1 fully saturated rings. The fourth-order valence-corrected chi connectivity index (χ4v) is 3.11. The summed E-state index contributed by atoms with van der Waals surface area (Å²) >= 11 is 0. The molecule has 1 N–H and O–H groups in total. The second kappa shape index (κ2) is 7.73. The van der Waals surface area contributed by atoms with Crippen LogP contribution in [0.1, 0.15) is 44.6 Å². The van der Waals surface area contributed by atoms with Gasteiger partial charge in [0.15, 0.2) is 0 Å². The minimum atomic E-state index is -4.44. The van der Waals surface area contributed by atoms with Crippen molar-refractivity contribution in [3.63, 3.8) is 0 Å². The van der Waals surface area contributed by atoms with Crippen molar-refractivity contribution >= 4 is 17.3 Å². The Morgan fingerprint density at radius 3 is 2.50 bits per heavy atom. The summed E-state index contributed by atoms with van der Waals surface area (Å²) in [5.41, 5.74) is 0.0489. The Balaban J connectivity index is 2.35. The monoisotopic (exact) mass is 340 g/mol. The van der Waals surface area contributed by atoms with Gasteiger partial charge in [0.05, 0.1) is 16.9 Å². The first-order valence-electron chi connectivity index (χ1n) is 8.20. The molecule has 1 aromatic carbocycles. The number of alkyl halides is 3. The molecule has 0 atom stereocenters. The Morgan fingerprint density at radius 2 is 1.92 bits per heavy atom. The molecular formula is C18H23F3N2O. The fourth-order valence-electron chi connectivity index (χ4n) is 3.11. The van der Waals surface area contributed by atoms with Crippen LogP contribution >= 0.6 is 0 Å². The van der Waals surface area contributed by atoms with Gasteiger partial charge in [-0.3, -0.25) is 4.79 Å². The van der Waals surface area contributed by atoms with E-state index in [1.54, 1.807) is 13.0 Å². The number of nitrogens with one attached hydrogen (secondary N) is 1. The van der Waals surface area contributed by atoms with E-state index < -0.39 is 17.6 Å². The van der Waals surface area contributed by atoms with E-state index in [-0.39, 0.29) is 11.7 Å². The molecule has 0 unspecified atom stereocenters. The van der Waals surface area contributed by atoms with E-state index in [9.17, 15) is 18.0 Å². The lowest BCUT2D eigenvalue weighted by Crippen LogP contribution is -2.34. The number of rotatable bonds is 4.